The molecule has 2 aromatic carbocycles. The van der Waals surface area contributed by atoms with Crippen LogP contribution in [-0.2, 0) is 22.6 Å². The number of morpholine rings is 1. The summed E-state index contributed by atoms with van der Waals surface area (Å²) in [6.45, 7) is 6.32. The van der Waals surface area contributed by atoms with Gasteiger partial charge in [-0.15, -0.1) is 0 Å². The average molecular weight is 338 g/mol. The van der Waals surface area contributed by atoms with Gasteiger partial charge in [0.15, 0.2) is 0 Å². The maximum Gasteiger partial charge on any atom is 0.253 e. The fourth-order valence-electron chi connectivity index (χ4n) is 3.19. The van der Waals surface area contributed by atoms with Crippen LogP contribution in [0.25, 0.3) is 0 Å². The number of rotatable bonds is 6. The molecule has 2 aromatic rings. The lowest BCUT2D eigenvalue weighted by atomic mass is 10.1. The highest BCUT2D eigenvalue weighted by Gasteiger charge is 2.29. The van der Waals surface area contributed by atoms with Crippen molar-refractivity contribution in [1.82, 2.24) is 9.80 Å². The first-order valence-corrected chi connectivity index (χ1v) is 8.97. The van der Waals surface area contributed by atoms with Crippen LogP contribution in [-0.4, -0.2) is 48.1 Å². The Bertz CT molecular complexity index is 660. The molecule has 0 radical (unpaired) electrons. The van der Waals surface area contributed by atoms with E-state index in [1.165, 1.54) is 5.56 Å². The number of nitrogens with zero attached hydrogens (tertiary/aromatic N) is 2. The zero-order chi connectivity index (χ0) is 17.5. The fourth-order valence-corrected chi connectivity index (χ4v) is 3.19. The Hall–Kier alpha value is -2.17. The SMILES string of the molecule is CCN(Cc1ccccc1)C(=O)C1CN(Cc2ccccc2)CCO1. The van der Waals surface area contributed by atoms with Crippen molar-refractivity contribution in [3.8, 4) is 0 Å². The quantitative estimate of drug-likeness (QED) is 0.812. The molecule has 0 aliphatic carbocycles. The molecular formula is C21H26N2O2. The van der Waals surface area contributed by atoms with Crippen molar-refractivity contribution in [3.63, 3.8) is 0 Å². The zero-order valence-electron chi connectivity index (χ0n) is 14.8. The number of likely N-dealkylation sites (N-methyl/N-ethyl adjacent to an activating group) is 1. The van der Waals surface area contributed by atoms with E-state index in [9.17, 15) is 4.79 Å². The Morgan fingerprint density at radius 3 is 2.36 bits per heavy atom. The topological polar surface area (TPSA) is 32.8 Å². The largest absolute Gasteiger partial charge is 0.366 e. The second-order valence-corrected chi connectivity index (χ2v) is 6.42. The van der Waals surface area contributed by atoms with Gasteiger partial charge in [-0.2, -0.15) is 0 Å². The van der Waals surface area contributed by atoms with Crippen molar-refractivity contribution in [3.05, 3.63) is 71.8 Å². The lowest BCUT2D eigenvalue weighted by Crippen LogP contribution is -2.50. The Balaban J connectivity index is 1.60. The molecule has 0 spiro atoms. The number of amides is 1. The van der Waals surface area contributed by atoms with E-state index in [-0.39, 0.29) is 12.0 Å². The summed E-state index contributed by atoms with van der Waals surface area (Å²) in [6.07, 6.45) is -0.374. The molecule has 1 aliphatic rings. The van der Waals surface area contributed by atoms with E-state index in [1.807, 2.05) is 36.1 Å². The monoisotopic (exact) mass is 338 g/mol. The molecule has 1 fully saturated rings. The maximum absolute atomic E-state index is 12.9. The third-order valence-electron chi connectivity index (χ3n) is 4.58. The van der Waals surface area contributed by atoms with Gasteiger partial charge >= 0.3 is 0 Å². The van der Waals surface area contributed by atoms with Crippen molar-refractivity contribution >= 4 is 5.91 Å². The predicted molar refractivity (Wildman–Crippen MR) is 99.0 cm³/mol. The highest BCUT2D eigenvalue weighted by molar-refractivity contribution is 5.81. The number of hydrogen-bond acceptors (Lipinski definition) is 3. The van der Waals surface area contributed by atoms with Gasteiger partial charge in [0.25, 0.3) is 5.91 Å². The first-order chi connectivity index (χ1) is 12.3. The molecule has 0 bridgehead atoms. The summed E-state index contributed by atoms with van der Waals surface area (Å²) in [5.74, 6) is 0.0871. The number of benzene rings is 2. The molecule has 1 aliphatic heterocycles. The molecule has 3 rings (SSSR count). The molecule has 0 N–H and O–H groups in total. The van der Waals surface area contributed by atoms with E-state index < -0.39 is 0 Å². The smallest absolute Gasteiger partial charge is 0.253 e. The van der Waals surface area contributed by atoms with Crippen LogP contribution in [0.5, 0.6) is 0 Å². The minimum absolute atomic E-state index is 0.0871. The van der Waals surface area contributed by atoms with Crippen molar-refractivity contribution in [2.45, 2.75) is 26.1 Å². The molecule has 1 amide bonds. The molecule has 132 valence electrons. The fraction of sp³-hybridized carbons (Fsp3) is 0.381. The highest BCUT2D eigenvalue weighted by Crippen LogP contribution is 2.14. The summed E-state index contributed by atoms with van der Waals surface area (Å²) < 4.78 is 5.80. The summed E-state index contributed by atoms with van der Waals surface area (Å²) in [6, 6.07) is 20.5. The Labute approximate surface area is 150 Å². The predicted octanol–water partition coefficient (Wildman–Crippen LogP) is 2.94. The van der Waals surface area contributed by atoms with Crippen LogP contribution in [0.3, 0.4) is 0 Å². The lowest BCUT2D eigenvalue weighted by molar-refractivity contribution is -0.150. The Morgan fingerprint density at radius 2 is 1.72 bits per heavy atom. The molecule has 4 heteroatoms. The third kappa shape index (κ3) is 4.91. The lowest BCUT2D eigenvalue weighted by Gasteiger charge is -2.34. The standard InChI is InChI=1S/C21H26N2O2/c1-2-23(16-19-11-7-4-8-12-19)21(24)20-17-22(13-14-25-20)15-18-9-5-3-6-10-18/h3-12,20H,2,13-17H2,1H3. The minimum atomic E-state index is -0.374. The first-order valence-electron chi connectivity index (χ1n) is 8.97. The minimum Gasteiger partial charge on any atom is -0.366 e. The normalized spacial score (nSPS) is 18.0. The maximum atomic E-state index is 12.9. The first kappa shape index (κ1) is 17.6. The van der Waals surface area contributed by atoms with Crippen LogP contribution in [0, 0.1) is 0 Å². The Kier molecular flexibility index (Phi) is 6.20. The van der Waals surface area contributed by atoms with Crippen LogP contribution < -0.4 is 0 Å². The van der Waals surface area contributed by atoms with Gasteiger partial charge in [-0.3, -0.25) is 9.69 Å². The van der Waals surface area contributed by atoms with Crippen molar-refractivity contribution in [1.29, 1.82) is 0 Å². The van der Waals surface area contributed by atoms with Crippen molar-refractivity contribution < 1.29 is 9.53 Å². The molecule has 25 heavy (non-hydrogen) atoms. The van der Waals surface area contributed by atoms with E-state index in [0.717, 1.165) is 18.7 Å². The van der Waals surface area contributed by atoms with E-state index in [4.69, 9.17) is 4.74 Å². The van der Waals surface area contributed by atoms with Gasteiger partial charge in [-0.1, -0.05) is 60.7 Å². The van der Waals surface area contributed by atoms with Crippen molar-refractivity contribution in [2.75, 3.05) is 26.2 Å². The molecule has 0 saturated carbocycles. The van der Waals surface area contributed by atoms with Gasteiger partial charge in [0.2, 0.25) is 0 Å². The second kappa shape index (κ2) is 8.79. The third-order valence-corrected chi connectivity index (χ3v) is 4.58. The molecule has 4 nitrogen and oxygen atoms in total. The van der Waals surface area contributed by atoms with E-state index in [0.29, 0.717) is 26.2 Å². The number of carbonyl (C=O) groups excluding carboxylic acids is 1. The molecule has 1 atom stereocenters. The molecule has 1 heterocycles. The molecule has 0 aromatic heterocycles. The number of carbonyl (C=O) groups is 1. The second-order valence-electron chi connectivity index (χ2n) is 6.42. The average Bonchev–Trinajstić information content (AvgIpc) is 2.67. The summed E-state index contributed by atoms with van der Waals surface area (Å²) in [5.41, 5.74) is 2.42. The molecule has 1 unspecified atom stereocenters. The Morgan fingerprint density at radius 1 is 1.08 bits per heavy atom. The van der Waals surface area contributed by atoms with Gasteiger partial charge in [0.1, 0.15) is 6.10 Å². The van der Waals surface area contributed by atoms with E-state index >= 15 is 0 Å². The van der Waals surface area contributed by atoms with Crippen molar-refractivity contribution in [2.24, 2.45) is 0 Å². The van der Waals surface area contributed by atoms with Gasteiger partial charge < -0.3 is 9.64 Å². The van der Waals surface area contributed by atoms with E-state index in [1.54, 1.807) is 0 Å². The van der Waals surface area contributed by atoms with Crippen LogP contribution in [0.2, 0.25) is 0 Å². The van der Waals surface area contributed by atoms with Gasteiger partial charge in [0.05, 0.1) is 6.61 Å². The molecular weight excluding hydrogens is 312 g/mol. The van der Waals surface area contributed by atoms with Crippen LogP contribution >= 0.6 is 0 Å². The van der Waals surface area contributed by atoms with Gasteiger partial charge in [-0.25, -0.2) is 0 Å². The van der Waals surface area contributed by atoms with Crippen LogP contribution in [0.15, 0.2) is 60.7 Å². The summed E-state index contributed by atoms with van der Waals surface area (Å²) >= 11 is 0. The summed E-state index contributed by atoms with van der Waals surface area (Å²) in [5, 5.41) is 0. The van der Waals surface area contributed by atoms with Gasteiger partial charge in [0, 0.05) is 32.7 Å². The van der Waals surface area contributed by atoms with E-state index in [2.05, 4.69) is 41.3 Å². The van der Waals surface area contributed by atoms with Gasteiger partial charge in [-0.05, 0) is 18.1 Å². The number of hydrogen-bond donors (Lipinski definition) is 0. The summed E-state index contributed by atoms with van der Waals surface area (Å²) in [4.78, 5) is 17.1. The molecule has 1 saturated heterocycles. The van der Waals surface area contributed by atoms with Crippen LogP contribution in [0.4, 0.5) is 0 Å². The zero-order valence-corrected chi connectivity index (χ0v) is 14.8. The number of ether oxygens (including phenoxy) is 1. The highest BCUT2D eigenvalue weighted by atomic mass is 16.5. The summed E-state index contributed by atoms with van der Waals surface area (Å²) in [7, 11) is 0. The van der Waals surface area contributed by atoms with Crippen LogP contribution in [0.1, 0.15) is 18.1 Å².